The Hall–Kier alpha value is -2.32. The van der Waals surface area contributed by atoms with Crippen molar-refractivity contribution in [2.75, 3.05) is 62.7 Å². The van der Waals surface area contributed by atoms with Crippen molar-refractivity contribution in [3.8, 4) is 0 Å². The summed E-state index contributed by atoms with van der Waals surface area (Å²) in [4.78, 5) is 28.7. The Bertz CT molecular complexity index is 1010. The van der Waals surface area contributed by atoms with Gasteiger partial charge in [0.1, 0.15) is 0 Å². The second kappa shape index (κ2) is 13.3. The van der Waals surface area contributed by atoms with Gasteiger partial charge in [-0.05, 0) is 48.9 Å². The topological polar surface area (TPSA) is 73.9 Å². The van der Waals surface area contributed by atoms with E-state index < -0.39 is 10.7 Å². The number of rotatable bonds is 9. The van der Waals surface area contributed by atoms with Gasteiger partial charge in [-0.25, -0.2) is 0 Å². The van der Waals surface area contributed by atoms with Crippen molar-refractivity contribution >= 4 is 46.4 Å². The normalized spacial score (nSPS) is 17.2. The van der Waals surface area contributed by atoms with E-state index in [9.17, 15) is 9.59 Å². The van der Waals surface area contributed by atoms with Gasteiger partial charge in [0.15, 0.2) is 4.84 Å². The van der Waals surface area contributed by atoms with Crippen LogP contribution in [0.2, 0.25) is 0 Å². The molecule has 36 heavy (non-hydrogen) atoms. The van der Waals surface area contributed by atoms with Crippen LogP contribution in [0, 0.1) is 5.92 Å². The van der Waals surface area contributed by atoms with Gasteiger partial charge in [0, 0.05) is 50.6 Å². The number of anilines is 2. The fourth-order valence-corrected chi connectivity index (χ4v) is 4.95. The van der Waals surface area contributed by atoms with Gasteiger partial charge in [0.25, 0.3) is 11.8 Å². The molecule has 2 aromatic carbocycles. The molecule has 2 saturated heterocycles. The molecule has 9 heteroatoms. The molecule has 0 spiro atoms. The van der Waals surface area contributed by atoms with Crippen molar-refractivity contribution in [2.24, 2.45) is 5.92 Å². The highest BCUT2D eigenvalue weighted by Gasteiger charge is 2.24. The van der Waals surface area contributed by atoms with Gasteiger partial charge in [0.2, 0.25) is 0 Å². The van der Waals surface area contributed by atoms with Crippen molar-refractivity contribution in [3.05, 3.63) is 59.7 Å². The summed E-state index contributed by atoms with van der Waals surface area (Å²) in [6.45, 7) is 6.26. The van der Waals surface area contributed by atoms with Crippen LogP contribution in [0.4, 0.5) is 11.4 Å². The van der Waals surface area contributed by atoms with Crippen LogP contribution in [-0.2, 0) is 16.0 Å². The van der Waals surface area contributed by atoms with Crippen molar-refractivity contribution in [3.63, 3.8) is 0 Å². The number of carbonyl (C=O) groups excluding carboxylic acids is 2. The average Bonchev–Trinajstić information content (AvgIpc) is 2.90. The molecule has 4 rings (SSSR count). The van der Waals surface area contributed by atoms with Crippen molar-refractivity contribution in [1.29, 1.82) is 0 Å². The van der Waals surface area contributed by atoms with E-state index in [2.05, 4.69) is 44.7 Å². The lowest BCUT2D eigenvalue weighted by Gasteiger charge is -2.35. The number of ether oxygens (including phenoxy) is 1. The molecule has 0 atom stereocenters. The molecule has 0 aromatic heterocycles. The Labute approximate surface area is 223 Å². The minimum absolute atomic E-state index is 0.158. The van der Waals surface area contributed by atoms with Crippen LogP contribution in [0.3, 0.4) is 0 Å². The molecule has 2 aromatic rings. The zero-order chi connectivity index (χ0) is 25.3. The molecule has 0 saturated carbocycles. The zero-order valence-electron chi connectivity index (χ0n) is 20.4. The van der Waals surface area contributed by atoms with E-state index in [0.29, 0.717) is 23.7 Å². The maximum atomic E-state index is 13.3. The third kappa shape index (κ3) is 7.59. The van der Waals surface area contributed by atoms with Crippen LogP contribution in [-0.4, -0.2) is 74.0 Å². The maximum Gasteiger partial charge on any atom is 0.257 e. The molecule has 0 unspecified atom stereocenters. The second-order valence-electron chi connectivity index (χ2n) is 9.35. The van der Waals surface area contributed by atoms with Crippen LogP contribution in [0.1, 0.15) is 28.8 Å². The molecule has 2 aliphatic rings. The number of halogens is 2. The Morgan fingerprint density at radius 1 is 1.00 bits per heavy atom. The molecular weight excluding hydrogens is 499 g/mol. The van der Waals surface area contributed by atoms with Gasteiger partial charge in [-0.1, -0.05) is 53.5 Å². The molecule has 2 heterocycles. The van der Waals surface area contributed by atoms with E-state index in [4.69, 9.17) is 27.9 Å². The Morgan fingerprint density at radius 3 is 2.42 bits per heavy atom. The molecular formula is C27H34Cl2N4O3. The summed E-state index contributed by atoms with van der Waals surface area (Å²) in [6, 6.07) is 16.0. The monoisotopic (exact) mass is 532 g/mol. The quantitative estimate of drug-likeness (QED) is 0.478. The number of piperidine rings is 1. The van der Waals surface area contributed by atoms with Crippen LogP contribution in [0.5, 0.6) is 0 Å². The van der Waals surface area contributed by atoms with Gasteiger partial charge in [0.05, 0.1) is 18.8 Å². The van der Waals surface area contributed by atoms with E-state index in [-0.39, 0.29) is 5.91 Å². The van der Waals surface area contributed by atoms with E-state index in [1.807, 2.05) is 12.1 Å². The molecule has 0 aliphatic carbocycles. The summed E-state index contributed by atoms with van der Waals surface area (Å²) in [7, 11) is 0. The van der Waals surface area contributed by atoms with Crippen LogP contribution < -0.4 is 15.5 Å². The molecule has 0 radical (unpaired) electrons. The molecule has 2 fully saturated rings. The molecule has 0 bridgehead atoms. The highest BCUT2D eigenvalue weighted by atomic mass is 35.5. The van der Waals surface area contributed by atoms with Crippen LogP contribution in [0.25, 0.3) is 0 Å². The number of morpholine rings is 1. The first-order chi connectivity index (χ1) is 17.5. The third-order valence-corrected chi connectivity index (χ3v) is 7.24. The van der Waals surface area contributed by atoms with Crippen LogP contribution in [0.15, 0.2) is 48.5 Å². The highest BCUT2D eigenvalue weighted by Crippen LogP contribution is 2.30. The van der Waals surface area contributed by atoms with Crippen molar-refractivity contribution < 1.29 is 14.3 Å². The number of amides is 2. The first-order valence-corrected chi connectivity index (χ1v) is 13.5. The van der Waals surface area contributed by atoms with Gasteiger partial charge in [-0.3, -0.25) is 14.5 Å². The number of carbonyl (C=O) groups is 2. The zero-order valence-corrected chi connectivity index (χ0v) is 21.9. The SMILES string of the molecule is O=C(NCCN1CCOCC1)c1cc(NC(=O)C(Cl)Cl)ccc1N1CCC(Cc2ccccc2)CC1. The Balaban J connectivity index is 1.42. The number of nitrogens with zero attached hydrogens (tertiary/aromatic N) is 2. The molecule has 2 aliphatic heterocycles. The summed E-state index contributed by atoms with van der Waals surface area (Å²) >= 11 is 11.4. The summed E-state index contributed by atoms with van der Waals surface area (Å²) in [5.41, 5.74) is 3.28. The molecule has 2 N–H and O–H groups in total. The lowest BCUT2D eigenvalue weighted by Crippen LogP contribution is -2.41. The van der Waals surface area contributed by atoms with Gasteiger partial charge in [-0.15, -0.1) is 0 Å². The Kier molecular flexibility index (Phi) is 9.87. The second-order valence-corrected chi connectivity index (χ2v) is 10.4. The summed E-state index contributed by atoms with van der Waals surface area (Å²) in [5.74, 6) is -0.0575. The standard InChI is InChI=1S/C27H34Cl2N4O3/c28-25(29)27(35)31-22-6-7-24(23(19-22)26(34)30-10-13-32-14-16-36-17-15-32)33-11-8-21(9-12-33)18-20-4-2-1-3-5-20/h1-7,19,21,25H,8-18H2,(H,30,34)(H,31,35). The van der Waals surface area contributed by atoms with Crippen molar-refractivity contribution in [2.45, 2.75) is 24.1 Å². The van der Waals surface area contributed by atoms with Crippen LogP contribution >= 0.6 is 23.2 Å². The first kappa shape index (κ1) is 26.7. The minimum atomic E-state index is -1.18. The fourth-order valence-electron chi connectivity index (χ4n) is 4.84. The van der Waals surface area contributed by atoms with E-state index in [1.54, 1.807) is 12.1 Å². The lowest BCUT2D eigenvalue weighted by molar-refractivity contribution is -0.114. The molecule has 7 nitrogen and oxygen atoms in total. The third-order valence-electron chi connectivity index (χ3n) is 6.85. The van der Waals surface area contributed by atoms with E-state index in [0.717, 1.165) is 70.9 Å². The molecule has 2 amide bonds. The van der Waals surface area contributed by atoms with Gasteiger partial charge in [-0.2, -0.15) is 0 Å². The fraction of sp³-hybridized carbons (Fsp3) is 0.481. The summed E-state index contributed by atoms with van der Waals surface area (Å²) in [5, 5.41) is 5.74. The predicted molar refractivity (Wildman–Crippen MR) is 145 cm³/mol. The number of alkyl halides is 2. The number of hydrogen-bond donors (Lipinski definition) is 2. The van der Waals surface area contributed by atoms with Gasteiger partial charge < -0.3 is 20.3 Å². The number of nitrogens with one attached hydrogen (secondary N) is 2. The lowest BCUT2D eigenvalue weighted by atomic mass is 9.89. The molecule has 194 valence electrons. The van der Waals surface area contributed by atoms with E-state index in [1.165, 1.54) is 5.56 Å². The average molecular weight is 534 g/mol. The minimum Gasteiger partial charge on any atom is -0.379 e. The van der Waals surface area contributed by atoms with Gasteiger partial charge >= 0.3 is 0 Å². The summed E-state index contributed by atoms with van der Waals surface area (Å²) < 4.78 is 5.39. The number of hydrogen-bond acceptors (Lipinski definition) is 5. The first-order valence-electron chi connectivity index (χ1n) is 12.6. The largest absolute Gasteiger partial charge is 0.379 e. The predicted octanol–water partition coefficient (Wildman–Crippen LogP) is 3.95. The van der Waals surface area contributed by atoms with E-state index >= 15 is 0 Å². The maximum absolute atomic E-state index is 13.3. The Morgan fingerprint density at radius 2 is 1.72 bits per heavy atom. The van der Waals surface area contributed by atoms with Crippen molar-refractivity contribution in [1.82, 2.24) is 10.2 Å². The smallest absolute Gasteiger partial charge is 0.257 e. The summed E-state index contributed by atoms with van der Waals surface area (Å²) in [6.07, 6.45) is 3.20. The highest BCUT2D eigenvalue weighted by molar-refractivity contribution is 6.54. The number of benzene rings is 2.